The zero-order valence-corrected chi connectivity index (χ0v) is 13.8. The summed E-state index contributed by atoms with van der Waals surface area (Å²) >= 11 is 0. The summed E-state index contributed by atoms with van der Waals surface area (Å²) in [7, 11) is 0. The number of nitrogens with zero attached hydrogens (tertiary/aromatic N) is 2. The van der Waals surface area contributed by atoms with Crippen LogP contribution in [0.4, 0.5) is 30.6 Å². The molecule has 0 amide bonds. The van der Waals surface area contributed by atoms with Gasteiger partial charge in [0, 0.05) is 11.9 Å². The summed E-state index contributed by atoms with van der Waals surface area (Å²) < 4.78 is 43.2. The Kier molecular flexibility index (Phi) is 4.87. The fraction of sp³-hybridized carbons (Fsp3) is 0.312. The average Bonchev–Trinajstić information content (AvgIpc) is 2.44. The second-order valence-electron chi connectivity index (χ2n) is 6.20. The third-order valence-corrected chi connectivity index (χ3v) is 2.88. The number of nitrogens with one attached hydrogen (secondary N) is 1. The first-order valence-corrected chi connectivity index (χ1v) is 7.26. The highest BCUT2D eigenvalue weighted by Crippen LogP contribution is 2.32. The van der Waals surface area contributed by atoms with E-state index in [0.29, 0.717) is 11.9 Å². The van der Waals surface area contributed by atoms with Gasteiger partial charge in [0.05, 0.1) is 5.56 Å². The van der Waals surface area contributed by atoms with Crippen LogP contribution in [0.1, 0.15) is 36.7 Å². The number of hydrogen-bond acceptors (Lipinski definition) is 6. The van der Waals surface area contributed by atoms with Crippen LogP contribution in [0.2, 0.25) is 0 Å². The number of nitrogens with two attached hydrogens (primary N) is 1. The predicted molar refractivity (Wildman–Crippen MR) is 86.3 cm³/mol. The molecule has 3 N–H and O–H groups in total. The van der Waals surface area contributed by atoms with Crippen molar-refractivity contribution >= 4 is 23.4 Å². The van der Waals surface area contributed by atoms with Crippen LogP contribution in [0.3, 0.4) is 0 Å². The number of esters is 1. The van der Waals surface area contributed by atoms with Crippen LogP contribution in [-0.4, -0.2) is 21.5 Å². The lowest BCUT2D eigenvalue weighted by atomic mass is 10.1. The van der Waals surface area contributed by atoms with Gasteiger partial charge in [-0.05, 0) is 39.0 Å². The summed E-state index contributed by atoms with van der Waals surface area (Å²) in [4.78, 5) is 19.2. The molecule has 0 aliphatic heterocycles. The molecule has 9 heteroatoms. The van der Waals surface area contributed by atoms with Gasteiger partial charge in [0.15, 0.2) is 0 Å². The molecule has 0 unspecified atom stereocenters. The number of rotatable bonds is 3. The minimum atomic E-state index is -4.63. The quantitative estimate of drug-likeness (QED) is 0.816. The number of ether oxygens (including phenoxy) is 1. The van der Waals surface area contributed by atoms with Crippen LogP contribution in [0, 0.1) is 0 Å². The largest absolute Gasteiger partial charge is 0.456 e. The van der Waals surface area contributed by atoms with E-state index < -0.39 is 29.1 Å². The Morgan fingerprint density at radius 3 is 2.48 bits per heavy atom. The van der Waals surface area contributed by atoms with Gasteiger partial charge >= 0.3 is 12.1 Å². The van der Waals surface area contributed by atoms with Crippen molar-refractivity contribution in [2.24, 2.45) is 0 Å². The van der Waals surface area contributed by atoms with Gasteiger partial charge in [-0.1, -0.05) is 6.07 Å². The van der Waals surface area contributed by atoms with Crippen LogP contribution in [-0.2, 0) is 10.9 Å². The van der Waals surface area contributed by atoms with E-state index in [-0.39, 0.29) is 11.5 Å². The molecule has 1 heterocycles. The van der Waals surface area contributed by atoms with Gasteiger partial charge in [0.2, 0.25) is 5.95 Å². The van der Waals surface area contributed by atoms with E-state index in [2.05, 4.69) is 15.3 Å². The highest BCUT2D eigenvalue weighted by atomic mass is 19.4. The molecule has 0 saturated heterocycles. The Morgan fingerprint density at radius 2 is 1.92 bits per heavy atom. The summed E-state index contributed by atoms with van der Waals surface area (Å²) in [5.41, 5.74) is 4.25. The third-order valence-electron chi connectivity index (χ3n) is 2.88. The molecule has 6 nitrogen and oxygen atoms in total. The minimum absolute atomic E-state index is 0.119. The second kappa shape index (κ2) is 6.58. The maximum Gasteiger partial charge on any atom is 0.421 e. The lowest BCUT2D eigenvalue weighted by Gasteiger charge is -2.19. The molecule has 0 spiro atoms. The molecule has 0 saturated carbocycles. The summed E-state index contributed by atoms with van der Waals surface area (Å²) in [5.74, 6) is -1.33. The number of carbonyl (C=O) groups is 1. The smallest absolute Gasteiger partial charge is 0.421 e. The van der Waals surface area contributed by atoms with Crippen molar-refractivity contribution in [1.29, 1.82) is 0 Å². The number of carbonyl (C=O) groups excluding carboxylic acids is 1. The van der Waals surface area contributed by atoms with Gasteiger partial charge < -0.3 is 15.8 Å². The third kappa shape index (κ3) is 5.07. The molecule has 1 aromatic heterocycles. The van der Waals surface area contributed by atoms with Crippen LogP contribution in [0.15, 0.2) is 30.5 Å². The Hall–Kier alpha value is -2.84. The topological polar surface area (TPSA) is 90.1 Å². The van der Waals surface area contributed by atoms with E-state index in [9.17, 15) is 18.0 Å². The molecule has 134 valence electrons. The molecule has 0 aliphatic carbocycles. The standard InChI is InChI=1S/C16H17F3N4O2/c1-15(2,3)25-13(24)9-5-4-6-10(7-9)22-14-21-8-11(12(20)23-14)16(17,18)19/h4-8H,1-3H3,(H3,20,21,22,23). The van der Waals surface area contributed by atoms with Gasteiger partial charge in [0.25, 0.3) is 0 Å². The summed E-state index contributed by atoms with van der Waals surface area (Å²) in [6.07, 6.45) is -4.03. The number of halogens is 3. The lowest BCUT2D eigenvalue weighted by Crippen LogP contribution is -2.23. The minimum Gasteiger partial charge on any atom is -0.456 e. The van der Waals surface area contributed by atoms with Crippen molar-refractivity contribution in [2.45, 2.75) is 32.5 Å². The lowest BCUT2D eigenvalue weighted by molar-refractivity contribution is -0.137. The fourth-order valence-electron chi connectivity index (χ4n) is 1.86. The van der Waals surface area contributed by atoms with Crippen molar-refractivity contribution in [3.05, 3.63) is 41.6 Å². The van der Waals surface area contributed by atoms with Gasteiger partial charge in [-0.2, -0.15) is 18.2 Å². The van der Waals surface area contributed by atoms with E-state index in [1.54, 1.807) is 39.0 Å². The Morgan fingerprint density at radius 1 is 1.24 bits per heavy atom. The van der Waals surface area contributed by atoms with Crippen molar-refractivity contribution < 1.29 is 22.7 Å². The van der Waals surface area contributed by atoms with Gasteiger partial charge in [-0.15, -0.1) is 0 Å². The molecule has 0 radical (unpaired) electrons. The highest BCUT2D eigenvalue weighted by molar-refractivity contribution is 5.91. The zero-order chi connectivity index (χ0) is 18.8. The zero-order valence-electron chi connectivity index (χ0n) is 13.8. The highest BCUT2D eigenvalue weighted by Gasteiger charge is 2.34. The van der Waals surface area contributed by atoms with Crippen molar-refractivity contribution in [3.63, 3.8) is 0 Å². The SMILES string of the molecule is CC(C)(C)OC(=O)c1cccc(Nc2ncc(C(F)(F)F)c(N)n2)c1. The molecule has 0 atom stereocenters. The summed E-state index contributed by atoms with van der Waals surface area (Å²) in [6, 6.07) is 6.23. The number of anilines is 3. The molecule has 0 aliphatic rings. The fourth-order valence-corrected chi connectivity index (χ4v) is 1.86. The van der Waals surface area contributed by atoms with Crippen LogP contribution < -0.4 is 11.1 Å². The van der Waals surface area contributed by atoms with Crippen LogP contribution >= 0.6 is 0 Å². The molecule has 1 aromatic carbocycles. The number of hydrogen-bond donors (Lipinski definition) is 2. The number of nitrogen functional groups attached to an aromatic ring is 1. The molecule has 0 bridgehead atoms. The summed E-state index contributed by atoms with van der Waals surface area (Å²) in [6.45, 7) is 5.23. The first kappa shape index (κ1) is 18.5. The molecule has 25 heavy (non-hydrogen) atoms. The average molecular weight is 354 g/mol. The van der Waals surface area contributed by atoms with E-state index in [0.717, 1.165) is 0 Å². The molecule has 0 fully saturated rings. The van der Waals surface area contributed by atoms with E-state index in [1.807, 2.05) is 0 Å². The Bertz CT molecular complexity index is 786. The molecule has 2 rings (SSSR count). The van der Waals surface area contributed by atoms with E-state index in [4.69, 9.17) is 10.5 Å². The van der Waals surface area contributed by atoms with Gasteiger partial charge in [0.1, 0.15) is 17.0 Å². The second-order valence-corrected chi connectivity index (χ2v) is 6.20. The Balaban J connectivity index is 2.20. The molecule has 2 aromatic rings. The number of benzene rings is 1. The maximum absolute atomic E-state index is 12.7. The number of alkyl halides is 3. The number of aromatic nitrogens is 2. The van der Waals surface area contributed by atoms with Crippen molar-refractivity contribution in [1.82, 2.24) is 9.97 Å². The maximum atomic E-state index is 12.7. The monoisotopic (exact) mass is 354 g/mol. The molecular weight excluding hydrogens is 337 g/mol. The van der Waals surface area contributed by atoms with Crippen molar-refractivity contribution in [3.8, 4) is 0 Å². The van der Waals surface area contributed by atoms with Crippen LogP contribution in [0.25, 0.3) is 0 Å². The molecular formula is C16H17F3N4O2. The van der Waals surface area contributed by atoms with Crippen molar-refractivity contribution in [2.75, 3.05) is 11.1 Å². The van der Waals surface area contributed by atoms with E-state index >= 15 is 0 Å². The first-order valence-electron chi connectivity index (χ1n) is 7.26. The first-order chi connectivity index (χ1) is 11.5. The Labute approximate surface area is 142 Å². The van der Waals surface area contributed by atoms with Crippen LogP contribution in [0.5, 0.6) is 0 Å². The van der Waals surface area contributed by atoms with Gasteiger partial charge in [-0.25, -0.2) is 9.78 Å². The predicted octanol–water partition coefficient (Wildman–Crippen LogP) is 3.78. The van der Waals surface area contributed by atoms with Gasteiger partial charge in [-0.3, -0.25) is 0 Å². The normalized spacial score (nSPS) is 11.9. The van der Waals surface area contributed by atoms with E-state index in [1.165, 1.54) is 6.07 Å². The summed E-state index contributed by atoms with van der Waals surface area (Å²) in [5, 5.41) is 2.70.